The number of nitrogens with one attached hydrogen (secondary N) is 1. The minimum atomic E-state index is -0.616. The van der Waals surface area contributed by atoms with Gasteiger partial charge >= 0.3 is 0 Å². The Morgan fingerprint density at radius 2 is 2.00 bits per heavy atom. The Bertz CT molecular complexity index is 883. The number of anilines is 1. The molecule has 1 heterocycles. The monoisotopic (exact) mass is 369 g/mol. The van der Waals surface area contributed by atoms with Crippen molar-refractivity contribution in [3.05, 3.63) is 45.8 Å². The number of aryl methyl sites for hydroxylation is 1. The number of ether oxygens (including phenoxy) is 1. The first-order valence-corrected chi connectivity index (χ1v) is 9.28. The summed E-state index contributed by atoms with van der Waals surface area (Å²) in [6.45, 7) is -0.266. The van der Waals surface area contributed by atoms with E-state index in [1.807, 2.05) is 0 Å². The largest absolute Gasteiger partial charge is 0.483 e. The fourth-order valence-corrected chi connectivity index (χ4v) is 4.31. The van der Waals surface area contributed by atoms with Crippen molar-refractivity contribution >= 4 is 28.2 Å². The van der Waals surface area contributed by atoms with E-state index in [1.54, 1.807) is 24.3 Å². The number of carbonyl (C=O) groups is 2. The van der Waals surface area contributed by atoms with E-state index >= 15 is 0 Å². The van der Waals surface area contributed by atoms with Gasteiger partial charge in [-0.1, -0.05) is 18.6 Å². The highest BCUT2D eigenvalue weighted by atomic mass is 32.1. The van der Waals surface area contributed by atoms with Crippen LogP contribution in [0.25, 0.3) is 0 Å². The minimum Gasteiger partial charge on any atom is -0.483 e. The summed E-state index contributed by atoms with van der Waals surface area (Å²) in [5.41, 5.74) is 7.16. The van der Waals surface area contributed by atoms with Crippen LogP contribution in [-0.4, -0.2) is 18.4 Å². The molecule has 0 fully saturated rings. The molecule has 0 atom stereocenters. The van der Waals surface area contributed by atoms with E-state index in [9.17, 15) is 14.9 Å². The number of primary amides is 1. The van der Waals surface area contributed by atoms with E-state index in [0.717, 1.165) is 31.2 Å². The first-order chi connectivity index (χ1) is 12.6. The predicted molar refractivity (Wildman–Crippen MR) is 99.4 cm³/mol. The second-order valence-corrected chi connectivity index (χ2v) is 7.18. The van der Waals surface area contributed by atoms with Gasteiger partial charge in [-0.15, -0.1) is 11.3 Å². The van der Waals surface area contributed by atoms with Crippen LogP contribution in [0.2, 0.25) is 0 Å². The summed E-state index contributed by atoms with van der Waals surface area (Å²) in [4.78, 5) is 24.8. The second kappa shape index (κ2) is 8.02. The molecule has 0 unspecified atom stereocenters. The Hall–Kier alpha value is -2.85. The van der Waals surface area contributed by atoms with Gasteiger partial charge in [0.2, 0.25) is 0 Å². The molecule has 26 heavy (non-hydrogen) atoms. The number of nitriles is 1. The number of para-hydroxylation sites is 1. The van der Waals surface area contributed by atoms with E-state index in [-0.39, 0.29) is 23.8 Å². The van der Waals surface area contributed by atoms with Gasteiger partial charge in [-0.05, 0) is 43.4 Å². The fourth-order valence-electron chi connectivity index (χ4n) is 3.05. The van der Waals surface area contributed by atoms with Crippen LogP contribution in [0.15, 0.2) is 24.3 Å². The molecule has 134 valence electrons. The van der Waals surface area contributed by atoms with Gasteiger partial charge in [-0.25, -0.2) is 0 Å². The van der Waals surface area contributed by atoms with Crippen molar-refractivity contribution in [3.8, 4) is 11.8 Å². The number of hydrogen-bond donors (Lipinski definition) is 2. The Labute approximate surface area is 155 Å². The lowest BCUT2D eigenvalue weighted by Gasteiger charge is -2.09. The molecular weight excluding hydrogens is 350 g/mol. The third-order valence-corrected chi connectivity index (χ3v) is 5.50. The zero-order chi connectivity index (χ0) is 18.5. The molecule has 0 aliphatic heterocycles. The van der Waals surface area contributed by atoms with Crippen LogP contribution in [0, 0.1) is 11.3 Å². The summed E-state index contributed by atoms with van der Waals surface area (Å²) in [6, 6.07) is 8.72. The number of amides is 2. The lowest BCUT2D eigenvalue weighted by Crippen LogP contribution is -2.21. The Morgan fingerprint density at radius 3 is 2.77 bits per heavy atom. The van der Waals surface area contributed by atoms with Crippen molar-refractivity contribution in [1.29, 1.82) is 5.26 Å². The van der Waals surface area contributed by atoms with Gasteiger partial charge in [-0.3, -0.25) is 9.59 Å². The van der Waals surface area contributed by atoms with Crippen LogP contribution in [0.4, 0.5) is 5.00 Å². The number of fused-ring (bicyclic) bond motifs is 1. The van der Waals surface area contributed by atoms with E-state index in [2.05, 4.69) is 11.4 Å². The van der Waals surface area contributed by atoms with Crippen LogP contribution in [-0.2, 0) is 17.6 Å². The zero-order valence-corrected chi connectivity index (χ0v) is 15.0. The number of rotatable bonds is 5. The van der Waals surface area contributed by atoms with E-state index in [1.165, 1.54) is 22.6 Å². The average molecular weight is 369 g/mol. The molecule has 0 spiro atoms. The number of hydrogen-bond acceptors (Lipinski definition) is 5. The number of nitrogens with zero attached hydrogens (tertiary/aromatic N) is 1. The SMILES string of the molecule is N#Cc1c(NC(=O)COc2ccccc2C(N)=O)sc2c1CCCCC2. The van der Waals surface area contributed by atoms with Gasteiger partial charge in [0, 0.05) is 4.88 Å². The maximum Gasteiger partial charge on any atom is 0.262 e. The predicted octanol–water partition coefficient (Wildman–Crippen LogP) is 3.01. The number of benzene rings is 1. The molecule has 0 saturated carbocycles. The van der Waals surface area contributed by atoms with E-state index in [4.69, 9.17) is 10.5 Å². The molecule has 7 heteroatoms. The topological polar surface area (TPSA) is 105 Å². The highest BCUT2D eigenvalue weighted by molar-refractivity contribution is 7.16. The molecule has 6 nitrogen and oxygen atoms in total. The van der Waals surface area contributed by atoms with Gasteiger partial charge < -0.3 is 15.8 Å². The lowest BCUT2D eigenvalue weighted by atomic mass is 10.1. The standard InChI is InChI=1S/C19H19N3O3S/c20-10-14-12-6-2-1-3-9-16(12)26-19(14)22-17(23)11-25-15-8-5-4-7-13(15)18(21)24/h4-5,7-8H,1-3,6,9,11H2,(H2,21,24)(H,22,23). The molecule has 1 aromatic carbocycles. The van der Waals surface area contributed by atoms with Crippen LogP contribution in [0.5, 0.6) is 5.75 Å². The molecule has 1 aromatic heterocycles. The molecule has 2 amide bonds. The highest BCUT2D eigenvalue weighted by Crippen LogP contribution is 2.36. The van der Waals surface area contributed by atoms with Crippen molar-refractivity contribution in [2.24, 2.45) is 5.73 Å². The van der Waals surface area contributed by atoms with Gasteiger partial charge in [0.1, 0.15) is 16.8 Å². The molecule has 3 N–H and O–H groups in total. The second-order valence-electron chi connectivity index (χ2n) is 6.08. The minimum absolute atomic E-state index is 0.223. The molecule has 0 bridgehead atoms. The van der Waals surface area contributed by atoms with Crippen molar-refractivity contribution in [2.75, 3.05) is 11.9 Å². The van der Waals surface area contributed by atoms with Crippen LogP contribution in [0.1, 0.15) is 45.6 Å². The molecule has 0 saturated heterocycles. The van der Waals surface area contributed by atoms with Crippen molar-refractivity contribution in [3.63, 3.8) is 0 Å². The van der Waals surface area contributed by atoms with Crippen LogP contribution in [0.3, 0.4) is 0 Å². The molecule has 1 aliphatic carbocycles. The van der Waals surface area contributed by atoms with Gasteiger partial charge in [-0.2, -0.15) is 5.26 Å². The first kappa shape index (κ1) is 18.0. The number of carbonyl (C=O) groups excluding carboxylic acids is 2. The fraction of sp³-hybridized carbons (Fsp3) is 0.316. The zero-order valence-electron chi connectivity index (χ0n) is 14.2. The quantitative estimate of drug-likeness (QED) is 0.790. The maximum absolute atomic E-state index is 12.3. The number of nitrogens with two attached hydrogens (primary N) is 1. The molecule has 3 rings (SSSR count). The summed E-state index contributed by atoms with van der Waals surface area (Å²) in [7, 11) is 0. The smallest absolute Gasteiger partial charge is 0.262 e. The summed E-state index contributed by atoms with van der Waals surface area (Å²) in [5.74, 6) is -0.732. The van der Waals surface area contributed by atoms with Gasteiger partial charge in [0.25, 0.3) is 11.8 Å². The van der Waals surface area contributed by atoms with Crippen LogP contribution < -0.4 is 15.8 Å². The van der Waals surface area contributed by atoms with E-state index in [0.29, 0.717) is 10.6 Å². The van der Waals surface area contributed by atoms with Crippen LogP contribution >= 0.6 is 11.3 Å². The Kier molecular flexibility index (Phi) is 5.54. The summed E-state index contributed by atoms with van der Waals surface area (Å²) < 4.78 is 5.44. The number of thiophene rings is 1. The van der Waals surface area contributed by atoms with Gasteiger partial charge in [0.15, 0.2) is 6.61 Å². The molecule has 1 aliphatic rings. The molecular formula is C19H19N3O3S. The van der Waals surface area contributed by atoms with Crippen molar-refractivity contribution in [1.82, 2.24) is 0 Å². The normalized spacial score (nSPS) is 13.2. The third-order valence-electron chi connectivity index (χ3n) is 4.30. The summed E-state index contributed by atoms with van der Waals surface area (Å²) in [5, 5.41) is 12.8. The first-order valence-electron chi connectivity index (χ1n) is 8.46. The molecule has 0 radical (unpaired) electrons. The molecule has 2 aromatic rings. The Balaban J connectivity index is 1.70. The van der Waals surface area contributed by atoms with Crippen molar-refractivity contribution in [2.45, 2.75) is 32.1 Å². The highest BCUT2D eigenvalue weighted by Gasteiger charge is 2.21. The lowest BCUT2D eigenvalue weighted by molar-refractivity contribution is -0.118. The maximum atomic E-state index is 12.3. The van der Waals surface area contributed by atoms with Gasteiger partial charge in [0.05, 0.1) is 11.1 Å². The van der Waals surface area contributed by atoms with Crippen molar-refractivity contribution < 1.29 is 14.3 Å². The third kappa shape index (κ3) is 3.86. The summed E-state index contributed by atoms with van der Waals surface area (Å²) in [6.07, 6.45) is 5.18. The van der Waals surface area contributed by atoms with E-state index < -0.39 is 5.91 Å². The summed E-state index contributed by atoms with van der Waals surface area (Å²) >= 11 is 1.47. The Morgan fingerprint density at radius 1 is 1.23 bits per heavy atom. The average Bonchev–Trinajstić information content (AvgIpc) is 2.79.